The lowest BCUT2D eigenvalue weighted by atomic mass is 9.92. The Morgan fingerprint density at radius 1 is 1.27 bits per heavy atom. The monoisotopic (exact) mass is 462 g/mol. The number of imide groups is 1. The third-order valence-electron chi connectivity index (χ3n) is 6.11. The summed E-state index contributed by atoms with van der Waals surface area (Å²) in [6.07, 6.45) is 1.19. The molecule has 8 nitrogen and oxygen atoms in total. The van der Waals surface area contributed by atoms with Crippen LogP contribution in [0.4, 0.5) is 9.93 Å². The average molecular weight is 463 g/mol. The number of ether oxygens (including phenoxy) is 1. The second-order valence-corrected chi connectivity index (χ2v) is 9.03. The summed E-state index contributed by atoms with van der Waals surface area (Å²) in [4.78, 5) is 44.0. The number of anilines is 1. The molecule has 1 aliphatic heterocycles. The fourth-order valence-electron chi connectivity index (χ4n) is 4.51. The number of benzene rings is 2. The predicted molar refractivity (Wildman–Crippen MR) is 124 cm³/mol. The van der Waals surface area contributed by atoms with Gasteiger partial charge in [-0.05, 0) is 43.0 Å². The lowest BCUT2D eigenvalue weighted by molar-refractivity contribution is -0.134. The molecule has 2 aliphatic rings. The molecule has 3 aromatic rings. The number of nitrogens with one attached hydrogen (secondary N) is 2. The summed E-state index contributed by atoms with van der Waals surface area (Å²) in [6.45, 7) is 1.60. The van der Waals surface area contributed by atoms with Crippen LogP contribution in [-0.2, 0) is 21.5 Å². The Bertz CT molecular complexity index is 1290. The van der Waals surface area contributed by atoms with Crippen molar-refractivity contribution in [3.63, 3.8) is 0 Å². The normalized spacial score (nSPS) is 19.0. The number of amides is 4. The lowest BCUT2D eigenvalue weighted by Gasteiger charge is -2.22. The third-order valence-corrected chi connectivity index (χ3v) is 6.86. The maximum atomic E-state index is 13.2. The van der Waals surface area contributed by atoms with Crippen LogP contribution in [-0.4, -0.2) is 41.4 Å². The Morgan fingerprint density at radius 2 is 2.09 bits per heavy atom. The zero-order valence-corrected chi connectivity index (χ0v) is 19.0. The van der Waals surface area contributed by atoms with Crippen LogP contribution in [0.1, 0.15) is 23.1 Å². The van der Waals surface area contributed by atoms with Crippen molar-refractivity contribution in [2.45, 2.75) is 25.3 Å². The molecule has 1 aromatic heterocycles. The van der Waals surface area contributed by atoms with E-state index in [0.717, 1.165) is 27.2 Å². The molecule has 0 radical (unpaired) electrons. The van der Waals surface area contributed by atoms with Gasteiger partial charge in [-0.25, -0.2) is 9.78 Å². The Labute approximate surface area is 194 Å². The summed E-state index contributed by atoms with van der Waals surface area (Å²) in [5.41, 5.74) is 3.33. The Hall–Kier alpha value is -3.72. The van der Waals surface area contributed by atoms with E-state index in [-0.39, 0.29) is 6.54 Å². The van der Waals surface area contributed by atoms with Crippen LogP contribution in [0.3, 0.4) is 0 Å². The van der Waals surface area contributed by atoms with Crippen molar-refractivity contribution in [2.24, 2.45) is 0 Å². The standard InChI is InChI=1S/C24H22N4O4S/c1-14-7-8-19(32-2)16(11-14)18-13-33-22(25-18)26-20(29)12-28-21(30)24(27-23(28)31)10-9-15-5-3-4-6-17(15)24/h3-8,11,13H,9-10,12H2,1-2H3,(H,27,31)(H,25,26,29). The average Bonchev–Trinajstić information content (AvgIpc) is 3.48. The van der Waals surface area contributed by atoms with E-state index < -0.39 is 23.4 Å². The Kier molecular flexibility index (Phi) is 5.13. The van der Waals surface area contributed by atoms with Crippen LogP contribution < -0.4 is 15.4 Å². The van der Waals surface area contributed by atoms with Gasteiger partial charge in [0.2, 0.25) is 5.91 Å². The van der Waals surface area contributed by atoms with Gasteiger partial charge in [-0.3, -0.25) is 14.5 Å². The number of urea groups is 1. The van der Waals surface area contributed by atoms with Crippen molar-refractivity contribution in [3.05, 3.63) is 64.5 Å². The molecule has 4 amide bonds. The van der Waals surface area contributed by atoms with Crippen molar-refractivity contribution in [1.29, 1.82) is 0 Å². The van der Waals surface area contributed by atoms with E-state index in [2.05, 4.69) is 15.6 Å². The van der Waals surface area contributed by atoms with Crippen LogP contribution in [0, 0.1) is 6.92 Å². The number of fused-ring (bicyclic) bond motifs is 2. The number of carbonyl (C=O) groups excluding carboxylic acids is 3. The molecule has 0 saturated carbocycles. The Balaban J connectivity index is 1.30. The number of hydrogen-bond donors (Lipinski definition) is 2. The highest BCUT2D eigenvalue weighted by molar-refractivity contribution is 7.14. The van der Waals surface area contributed by atoms with Crippen molar-refractivity contribution < 1.29 is 19.1 Å². The molecular weight excluding hydrogens is 440 g/mol. The molecule has 9 heteroatoms. The topological polar surface area (TPSA) is 101 Å². The zero-order chi connectivity index (χ0) is 23.2. The second kappa shape index (κ2) is 8.00. The lowest BCUT2D eigenvalue weighted by Crippen LogP contribution is -2.42. The summed E-state index contributed by atoms with van der Waals surface area (Å²) in [5, 5.41) is 7.74. The number of thiazole rings is 1. The molecule has 1 fully saturated rings. The van der Waals surface area contributed by atoms with Crippen LogP contribution in [0.25, 0.3) is 11.3 Å². The van der Waals surface area contributed by atoms with E-state index in [1.165, 1.54) is 11.3 Å². The second-order valence-electron chi connectivity index (χ2n) is 8.17. The number of hydrogen-bond acceptors (Lipinski definition) is 6. The first-order valence-corrected chi connectivity index (χ1v) is 11.4. The van der Waals surface area contributed by atoms with E-state index in [9.17, 15) is 14.4 Å². The first kappa shape index (κ1) is 21.1. The van der Waals surface area contributed by atoms with Crippen molar-refractivity contribution in [1.82, 2.24) is 15.2 Å². The van der Waals surface area contributed by atoms with Gasteiger partial charge < -0.3 is 15.4 Å². The van der Waals surface area contributed by atoms with Gasteiger partial charge >= 0.3 is 6.03 Å². The minimum atomic E-state index is -1.08. The number of rotatable bonds is 5. The molecule has 1 aliphatic carbocycles. The van der Waals surface area contributed by atoms with E-state index in [1.807, 2.05) is 54.8 Å². The molecule has 168 valence electrons. The van der Waals surface area contributed by atoms with Crippen LogP contribution >= 0.6 is 11.3 Å². The summed E-state index contributed by atoms with van der Waals surface area (Å²) >= 11 is 1.26. The minimum Gasteiger partial charge on any atom is -0.496 e. The van der Waals surface area contributed by atoms with Gasteiger partial charge in [0.15, 0.2) is 5.13 Å². The molecule has 1 atom stereocenters. The molecule has 33 heavy (non-hydrogen) atoms. The molecule has 2 heterocycles. The number of aromatic nitrogens is 1. The zero-order valence-electron chi connectivity index (χ0n) is 18.2. The SMILES string of the molecule is COc1ccc(C)cc1-c1csc(NC(=O)CN2C(=O)NC3(CCc4ccccc43)C2=O)n1. The first-order valence-electron chi connectivity index (χ1n) is 10.5. The van der Waals surface area contributed by atoms with Gasteiger partial charge in [-0.15, -0.1) is 11.3 Å². The maximum Gasteiger partial charge on any atom is 0.325 e. The van der Waals surface area contributed by atoms with Crippen molar-refractivity contribution in [2.75, 3.05) is 19.0 Å². The third kappa shape index (κ3) is 3.54. The fraction of sp³-hybridized carbons (Fsp3) is 0.250. The minimum absolute atomic E-state index is 0.378. The summed E-state index contributed by atoms with van der Waals surface area (Å²) in [7, 11) is 1.59. The molecule has 1 unspecified atom stereocenters. The predicted octanol–water partition coefficient (Wildman–Crippen LogP) is 3.46. The highest BCUT2D eigenvalue weighted by Gasteiger charge is 2.55. The molecule has 1 saturated heterocycles. The van der Waals surface area contributed by atoms with E-state index in [4.69, 9.17) is 4.74 Å². The largest absolute Gasteiger partial charge is 0.496 e. The van der Waals surface area contributed by atoms with Gasteiger partial charge in [-0.2, -0.15) is 0 Å². The molecule has 5 rings (SSSR count). The maximum absolute atomic E-state index is 13.2. The van der Waals surface area contributed by atoms with E-state index >= 15 is 0 Å². The number of carbonyl (C=O) groups is 3. The van der Waals surface area contributed by atoms with E-state index in [0.29, 0.717) is 29.4 Å². The highest BCUT2D eigenvalue weighted by atomic mass is 32.1. The number of aryl methyl sites for hydroxylation is 2. The molecule has 2 N–H and O–H groups in total. The molecule has 1 spiro atoms. The van der Waals surface area contributed by atoms with Crippen LogP contribution in [0.5, 0.6) is 5.75 Å². The molecule has 2 aromatic carbocycles. The van der Waals surface area contributed by atoms with Gasteiger partial charge in [-0.1, -0.05) is 35.9 Å². The van der Waals surface area contributed by atoms with E-state index in [1.54, 1.807) is 7.11 Å². The smallest absolute Gasteiger partial charge is 0.325 e. The Morgan fingerprint density at radius 3 is 2.91 bits per heavy atom. The summed E-state index contributed by atoms with van der Waals surface area (Å²) < 4.78 is 5.42. The molecule has 0 bridgehead atoms. The number of nitrogens with zero attached hydrogens (tertiary/aromatic N) is 2. The van der Waals surface area contributed by atoms with Crippen LogP contribution in [0.15, 0.2) is 47.8 Å². The number of methoxy groups -OCH3 is 1. The van der Waals surface area contributed by atoms with Gasteiger partial charge in [0.05, 0.1) is 12.8 Å². The van der Waals surface area contributed by atoms with Crippen molar-refractivity contribution in [3.8, 4) is 17.0 Å². The summed E-state index contributed by atoms with van der Waals surface area (Å²) in [5.74, 6) is -0.193. The quantitative estimate of drug-likeness (QED) is 0.566. The first-order chi connectivity index (χ1) is 15.9. The van der Waals surface area contributed by atoms with Gasteiger partial charge in [0.1, 0.15) is 17.8 Å². The summed E-state index contributed by atoms with van der Waals surface area (Å²) in [6, 6.07) is 12.8. The highest BCUT2D eigenvalue weighted by Crippen LogP contribution is 2.41. The van der Waals surface area contributed by atoms with Gasteiger partial charge in [0.25, 0.3) is 5.91 Å². The van der Waals surface area contributed by atoms with Gasteiger partial charge in [0, 0.05) is 10.9 Å². The molecular formula is C24H22N4O4S. The van der Waals surface area contributed by atoms with Crippen molar-refractivity contribution >= 4 is 34.3 Å². The van der Waals surface area contributed by atoms with Crippen LogP contribution in [0.2, 0.25) is 0 Å². The fourth-order valence-corrected chi connectivity index (χ4v) is 5.24.